The molecule has 2 aromatic heterocycles. The molecule has 0 amide bonds. The van der Waals surface area contributed by atoms with Gasteiger partial charge in [0.05, 0.1) is 5.69 Å². The Morgan fingerprint density at radius 1 is 0.974 bits per heavy atom. The van der Waals surface area contributed by atoms with Gasteiger partial charge in [-0.3, -0.25) is 14.3 Å². The molecule has 2 atom stereocenters. The Labute approximate surface area is 226 Å². The summed E-state index contributed by atoms with van der Waals surface area (Å²) in [6, 6.07) is 8.42. The van der Waals surface area contributed by atoms with E-state index in [1.54, 1.807) is 13.0 Å². The summed E-state index contributed by atoms with van der Waals surface area (Å²) < 4.78 is 83.6. The summed E-state index contributed by atoms with van der Waals surface area (Å²) in [6.07, 6.45) is 2.61. The molecule has 0 radical (unpaired) electrons. The minimum atomic E-state index is -3.94. The SMILES string of the molecule is Cc1cnc(-c2cccc(S(C)(=O)=O)c2F)c(F)c1-n1c(C)cc([C@H]2C[C@@H]2c2cc(F)cc(F)c2)c(Cl)c1=O. The fraction of sp³-hybridized carbons (Fsp3) is 0.214. The quantitative estimate of drug-likeness (QED) is 0.258. The zero-order valence-corrected chi connectivity index (χ0v) is 22.5. The van der Waals surface area contributed by atoms with Crippen LogP contribution in [-0.2, 0) is 9.84 Å². The highest BCUT2D eigenvalue weighted by molar-refractivity contribution is 7.90. The molecule has 5 rings (SSSR count). The number of hydrogen-bond donors (Lipinski definition) is 0. The molecule has 0 bridgehead atoms. The lowest BCUT2D eigenvalue weighted by Gasteiger charge is -2.18. The fourth-order valence-corrected chi connectivity index (χ4v) is 6.03. The summed E-state index contributed by atoms with van der Waals surface area (Å²) in [5, 5.41) is -0.174. The highest BCUT2D eigenvalue weighted by Crippen LogP contribution is 2.56. The number of aryl methyl sites for hydroxylation is 2. The van der Waals surface area contributed by atoms with Gasteiger partial charge in [0.1, 0.15) is 27.2 Å². The largest absolute Gasteiger partial charge is 0.277 e. The van der Waals surface area contributed by atoms with Crippen LogP contribution in [-0.4, -0.2) is 24.2 Å². The molecule has 2 heterocycles. The van der Waals surface area contributed by atoms with Gasteiger partial charge in [0, 0.05) is 29.8 Å². The number of benzene rings is 2. The van der Waals surface area contributed by atoms with Gasteiger partial charge in [0.15, 0.2) is 21.5 Å². The summed E-state index contributed by atoms with van der Waals surface area (Å²) in [6.45, 7) is 3.09. The average Bonchev–Trinajstić information content (AvgIpc) is 3.63. The van der Waals surface area contributed by atoms with E-state index < -0.39 is 49.3 Å². The van der Waals surface area contributed by atoms with Crippen LogP contribution in [0.1, 0.15) is 40.6 Å². The van der Waals surface area contributed by atoms with Crippen molar-refractivity contribution >= 4 is 21.4 Å². The Hall–Kier alpha value is -3.50. The van der Waals surface area contributed by atoms with E-state index in [0.29, 0.717) is 23.2 Å². The maximum absolute atomic E-state index is 16.0. The normalized spacial score (nSPS) is 16.9. The van der Waals surface area contributed by atoms with Gasteiger partial charge >= 0.3 is 0 Å². The van der Waals surface area contributed by atoms with Crippen molar-refractivity contribution < 1.29 is 26.0 Å². The molecular weight excluding hydrogens is 556 g/mol. The molecule has 0 N–H and O–H groups in total. The van der Waals surface area contributed by atoms with Crippen molar-refractivity contribution in [2.75, 3.05) is 6.26 Å². The van der Waals surface area contributed by atoms with Gasteiger partial charge in [0.2, 0.25) is 0 Å². The van der Waals surface area contributed by atoms with E-state index in [9.17, 15) is 22.0 Å². The number of sulfone groups is 1. The van der Waals surface area contributed by atoms with E-state index in [0.717, 1.165) is 23.0 Å². The molecular formula is C28H21ClF4N2O3S. The smallest absolute Gasteiger partial charge is 0.274 e. The maximum Gasteiger partial charge on any atom is 0.274 e. The number of halogens is 5. The van der Waals surface area contributed by atoms with E-state index in [1.165, 1.54) is 37.4 Å². The minimum absolute atomic E-state index is 0.174. The van der Waals surface area contributed by atoms with Gasteiger partial charge in [-0.2, -0.15) is 0 Å². The van der Waals surface area contributed by atoms with Crippen molar-refractivity contribution in [1.29, 1.82) is 0 Å². The zero-order valence-electron chi connectivity index (χ0n) is 20.9. The Morgan fingerprint density at radius 2 is 1.64 bits per heavy atom. The highest BCUT2D eigenvalue weighted by Gasteiger charge is 2.42. The van der Waals surface area contributed by atoms with E-state index >= 15 is 8.78 Å². The number of aromatic nitrogens is 2. The monoisotopic (exact) mass is 576 g/mol. The predicted octanol–water partition coefficient (Wildman–Crippen LogP) is 6.40. The van der Waals surface area contributed by atoms with Crippen LogP contribution < -0.4 is 5.56 Å². The molecule has 5 nitrogen and oxygen atoms in total. The first-order valence-corrected chi connectivity index (χ1v) is 14.1. The topological polar surface area (TPSA) is 69.0 Å². The van der Waals surface area contributed by atoms with Crippen molar-refractivity contribution in [3.05, 3.63) is 110 Å². The molecule has 0 saturated heterocycles. The van der Waals surface area contributed by atoms with Gasteiger partial charge in [0.25, 0.3) is 5.56 Å². The molecule has 11 heteroatoms. The summed E-state index contributed by atoms with van der Waals surface area (Å²) in [5.74, 6) is -4.09. The van der Waals surface area contributed by atoms with Crippen molar-refractivity contribution in [2.24, 2.45) is 0 Å². The van der Waals surface area contributed by atoms with Crippen LogP contribution in [0.25, 0.3) is 16.9 Å². The molecule has 4 aromatic rings. The van der Waals surface area contributed by atoms with E-state index in [1.807, 2.05) is 0 Å². The fourth-order valence-electron chi connectivity index (χ4n) is 4.99. The Balaban J connectivity index is 1.62. The van der Waals surface area contributed by atoms with E-state index in [-0.39, 0.29) is 33.7 Å². The first-order chi connectivity index (χ1) is 18.3. The summed E-state index contributed by atoms with van der Waals surface area (Å²) in [5.41, 5.74) is -0.288. The Kier molecular flexibility index (Phi) is 6.67. The van der Waals surface area contributed by atoms with Crippen LogP contribution in [0.5, 0.6) is 0 Å². The molecule has 1 aliphatic carbocycles. The lowest BCUT2D eigenvalue weighted by molar-refractivity contribution is 0.568. The summed E-state index contributed by atoms with van der Waals surface area (Å²) in [7, 11) is -3.94. The molecule has 202 valence electrons. The number of hydrogen-bond acceptors (Lipinski definition) is 4. The maximum atomic E-state index is 16.0. The molecule has 1 fully saturated rings. The first-order valence-electron chi connectivity index (χ1n) is 11.8. The second kappa shape index (κ2) is 9.60. The number of rotatable bonds is 5. The highest BCUT2D eigenvalue weighted by atomic mass is 35.5. The van der Waals surface area contributed by atoms with Crippen LogP contribution in [0.4, 0.5) is 17.6 Å². The molecule has 0 aliphatic heterocycles. The van der Waals surface area contributed by atoms with Gasteiger partial charge in [-0.05, 0) is 79.1 Å². The molecule has 39 heavy (non-hydrogen) atoms. The van der Waals surface area contributed by atoms with Crippen molar-refractivity contribution in [3.63, 3.8) is 0 Å². The van der Waals surface area contributed by atoms with Gasteiger partial charge in [-0.15, -0.1) is 0 Å². The zero-order chi connectivity index (χ0) is 28.4. The third-order valence-corrected chi connectivity index (χ3v) is 8.38. The third-order valence-electron chi connectivity index (χ3n) is 6.88. The third kappa shape index (κ3) is 4.76. The van der Waals surface area contributed by atoms with Crippen LogP contribution >= 0.6 is 11.6 Å². The standard InChI is InChI=1S/C28H21ClF4N2O3S/c1-13-12-34-26(18-5-4-6-22(24(18)32)39(3,37)38)25(33)27(13)35-14(2)7-21(23(29)28(35)36)20-11-19(20)15-8-16(30)10-17(31)9-15/h4-10,12,19-20H,11H2,1-3H3/t19-,20+/m1/s1. The number of pyridine rings is 2. The second-order valence-corrected chi connectivity index (χ2v) is 12.1. The van der Waals surface area contributed by atoms with Crippen LogP contribution in [0.15, 0.2) is 58.4 Å². The van der Waals surface area contributed by atoms with E-state index in [2.05, 4.69) is 4.98 Å². The lowest BCUT2D eigenvalue weighted by atomic mass is 10.0. The molecule has 0 unspecified atom stereocenters. The molecule has 2 aromatic carbocycles. The number of nitrogens with zero attached hydrogens (tertiary/aromatic N) is 2. The van der Waals surface area contributed by atoms with Crippen molar-refractivity contribution in [2.45, 2.75) is 37.0 Å². The predicted molar refractivity (Wildman–Crippen MR) is 139 cm³/mol. The summed E-state index contributed by atoms with van der Waals surface area (Å²) in [4.78, 5) is 16.9. The summed E-state index contributed by atoms with van der Waals surface area (Å²) >= 11 is 6.48. The van der Waals surface area contributed by atoms with Crippen molar-refractivity contribution in [3.8, 4) is 16.9 Å². The van der Waals surface area contributed by atoms with Gasteiger partial charge < -0.3 is 0 Å². The second-order valence-electron chi connectivity index (χ2n) is 9.69. The molecule has 1 aliphatic rings. The van der Waals surface area contributed by atoms with Gasteiger partial charge in [-0.1, -0.05) is 17.7 Å². The van der Waals surface area contributed by atoms with E-state index in [4.69, 9.17) is 11.6 Å². The van der Waals surface area contributed by atoms with Crippen LogP contribution in [0, 0.1) is 37.1 Å². The Bertz CT molecular complexity index is 1820. The Morgan fingerprint density at radius 3 is 2.28 bits per heavy atom. The average molecular weight is 577 g/mol. The lowest BCUT2D eigenvalue weighted by Crippen LogP contribution is -2.24. The van der Waals surface area contributed by atoms with Gasteiger partial charge in [-0.25, -0.2) is 26.0 Å². The molecule has 0 spiro atoms. The van der Waals surface area contributed by atoms with Crippen molar-refractivity contribution in [1.82, 2.24) is 9.55 Å². The van der Waals surface area contributed by atoms with Crippen LogP contribution in [0.2, 0.25) is 5.02 Å². The minimum Gasteiger partial charge on any atom is -0.277 e. The molecule has 1 saturated carbocycles. The van der Waals surface area contributed by atoms with Crippen LogP contribution in [0.3, 0.4) is 0 Å². The first kappa shape index (κ1) is 27.1.